The molecule has 0 amide bonds. The summed E-state index contributed by atoms with van der Waals surface area (Å²) in [7, 11) is -3.25. The monoisotopic (exact) mass is 304 g/mol. The predicted octanol–water partition coefficient (Wildman–Crippen LogP) is 3.04. The molecule has 3 rings (SSSR count). The van der Waals surface area contributed by atoms with E-state index in [9.17, 15) is 8.42 Å². The van der Waals surface area contributed by atoms with Gasteiger partial charge in [-0.1, -0.05) is 31.5 Å². The molecule has 0 spiro atoms. The van der Waals surface area contributed by atoms with Crippen molar-refractivity contribution in [3.05, 3.63) is 35.4 Å². The number of unbranched alkanes of at least 4 members (excludes halogenated alkanes) is 1. The molecule has 5 heteroatoms. The molecule has 21 heavy (non-hydrogen) atoms. The average molecular weight is 304 g/mol. The van der Waals surface area contributed by atoms with Crippen LogP contribution in [0.25, 0.3) is 10.9 Å². The van der Waals surface area contributed by atoms with Gasteiger partial charge in [-0.05, 0) is 37.0 Å². The van der Waals surface area contributed by atoms with Crippen molar-refractivity contribution in [2.24, 2.45) is 0 Å². The van der Waals surface area contributed by atoms with Gasteiger partial charge in [-0.25, -0.2) is 13.4 Å². The Morgan fingerprint density at radius 1 is 1.33 bits per heavy atom. The molecule has 2 aromatic rings. The normalized spacial score (nSPS) is 14.7. The summed E-state index contributed by atoms with van der Waals surface area (Å²) < 4.78 is 26.4. The Morgan fingerprint density at radius 3 is 2.90 bits per heavy atom. The third-order valence-corrected chi connectivity index (χ3v) is 5.85. The van der Waals surface area contributed by atoms with E-state index in [1.54, 1.807) is 0 Å². The number of benzene rings is 1. The fourth-order valence-corrected chi connectivity index (χ4v) is 4.48. The lowest BCUT2D eigenvalue weighted by Crippen LogP contribution is -2.31. The summed E-state index contributed by atoms with van der Waals surface area (Å²) in [6.45, 7) is 4.53. The molecule has 2 heterocycles. The Hall–Kier alpha value is -1.62. The lowest BCUT2D eigenvalue weighted by molar-refractivity contribution is 0.588. The average Bonchev–Trinajstić information content (AvgIpc) is 2.87. The van der Waals surface area contributed by atoms with Crippen LogP contribution >= 0.6 is 0 Å². The third-order valence-electron chi connectivity index (χ3n) is 4.02. The maximum atomic E-state index is 12.5. The second-order valence-corrected chi connectivity index (χ2v) is 7.62. The number of hydrogen-bond donors (Lipinski definition) is 0. The first-order chi connectivity index (χ1) is 10.0. The van der Waals surface area contributed by atoms with E-state index in [1.807, 2.05) is 32.0 Å². The molecule has 0 fully saturated rings. The van der Waals surface area contributed by atoms with Crippen LogP contribution in [0.5, 0.6) is 0 Å². The number of anilines is 1. The first-order valence-electron chi connectivity index (χ1n) is 7.42. The lowest BCUT2D eigenvalue weighted by atomic mass is 10.1. The second-order valence-electron chi connectivity index (χ2n) is 5.61. The van der Waals surface area contributed by atoms with Crippen LogP contribution in [-0.2, 0) is 16.4 Å². The van der Waals surface area contributed by atoms with Crippen molar-refractivity contribution in [2.45, 2.75) is 33.1 Å². The van der Waals surface area contributed by atoms with Gasteiger partial charge in [0.05, 0.1) is 11.3 Å². The quantitative estimate of drug-likeness (QED) is 0.872. The minimum atomic E-state index is -3.25. The first-order valence-corrected chi connectivity index (χ1v) is 9.03. The number of aromatic nitrogens is 1. The molecule has 0 N–H and O–H groups in total. The summed E-state index contributed by atoms with van der Waals surface area (Å²) in [5.41, 5.74) is 3.01. The van der Waals surface area contributed by atoms with Crippen molar-refractivity contribution in [3.63, 3.8) is 0 Å². The smallest absolute Gasteiger partial charge is 0.236 e. The highest BCUT2D eigenvalue weighted by atomic mass is 32.2. The zero-order chi connectivity index (χ0) is 15.0. The Morgan fingerprint density at radius 2 is 2.14 bits per heavy atom. The molecule has 4 nitrogen and oxygen atoms in total. The van der Waals surface area contributed by atoms with Gasteiger partial charge < -0.3 is 0 Å². The molecule has 1 aromatic heterocycles. The number of hydrogen-bond acceptors (Lipinski definition) is 3. The topological polar surface area (TPSA) is 50.3 Å². The Bertz CT molecular complexity index is 784. The molecular weight excluding hydrogens is 284 g/mol. The highest BCUT2D eigenvalue weighted by Gasteiger charge is 2.30. The molecule has 0 unspecified atom stereocenters. The summed E-state index contributed by atoms with van der Waals surface area (Å²) in [5, 5.41) is 1.08. The molecule has 1 aliphatic rings. The van der Waals surface area contributed by atoms with Gasteiger partial charge in [0.25, 0.3) is 0 Å². The van der Waals surface area contributed by atoms with Crippen LogP contribution in [0, 0.1) is 6.92 Å². The van der Waals surface area contributed by atoms with E-state index in [2.05, 4.69) is 11.1 Å². The highest BCUT2D eigenvalue weighted by molar-refractivity contribution is 7.92. The van der Waals surface area contributed by atoms with E-state index < -0.39 is 10.0 Å². The Balaban J connectivity index is 2.08. The minimum Gasteiger partial charge on any atom is -0.253 e. The van der Waals surface area contributed by atoms with E-state index in [1.165, 1.54) is 4.31 Å². The number of rotatable bonds is 4. The van der Waals surface area contributed by atoms with E-state index in [-0.39, 0.29) is 5.75 Å². The van der Waals surface area contributed by atoms with Crippen LogP contribution in [0.3, 0.4) is 0 Å². The standard InChI is InChI=1S/C16H20N2O2S/c1-3-4-10-21(19,20)18-9-8-14-11-13-7-5-6-12(2)15(13)17-16(14)18/h5-7,11H,3-4,8-10H2,1-2H3. The molecule has 112 valence electrons. The number of nitrogens with zero attached hydrogens (tertiary/aromatic N) is 2. The van der Waals surface area contributed by atoms with Gasteiger partial charge in [0.1, 0.15) is 5.82 Å². The van der Waals surface area contributed by atoms with Crippen LogP contribution in [-0.4, -0.2) is 25.7 Å². The van der Waals surface area contributed by atoms with Crippen LogP contribution in [0.4, 0.5) is 5.82 Å². The van der Waals surface area contributed by atoms with Gasteiger partial charge >= 0.3 is 0 Å². The maximum Gasteiger partial charge on any atom is 0.236 e. The van der Waals surface area contributed by atoms with Crippen molar-refractivity contribution in [1.82, 2.24) is 4.98 Å². The fraction of sp³-hybridized carbons (Fsp3) is 0.438. The van der Waals surface area contributed by atoms with Crippen molar-refractivity contribution < 1.29 is 8.42 Å². The fourth-order valence-electron chi connectivity index (χ4n) is 2.82. The summed E-state index contributed by atoms with van der Waals surface area (Å²) in [5.74, 6) is 0.837. The van der Waals surface area contributed by atoms with Gasteiger partial charge in [-0.2, -0.15) is 0 Å². The molecule has 0 aliphatic carbocycles. The van der Waals surface area contributed by atoms with E-state index in [0.717, 1.165) is 34.9 Å². The molecule has 0 saturated heterocycles. The van der Waals surface area contributed by atoms with Gasteiger partial charge in [0, 0.05) is 11.9 Å². The zero-order valence-electron chi connectivity index (χ0n) is 12.5. The number of sulfonamides is 1. The number of pyridine rings is 1. The first kappa shape index (κ1) is 14.3. The third kappa shape index (κ3) is 2.50. The number of aryl methyl sites for hydroxylation is 1. The van der Waals surface area contributed by atoms with Crippen molar-refractivity contribution >= 4 is 26.7 Å². The highest BCUT2D eigenvalue weighted by Crippen LogP contribution is 2.32. The Labute approximate surface area is 125 Å². The van der Waals surface area contributed by atoms with Gasteiger partial charge in [-0.3, -0.25) is 4.31 Å². The van der Waals surface area contributed by atoms with Crippen LogP contribution in [0.1, 0.15) is 30.9 Å². The van der Waals surface area contributed by atoms with Gasteiger partial charge in [-0.15, -0.1) is 0 Å². The maximum absolute atomic E-state index is 12.5. The molecule has 0 radical (unpaired) electrons. The summed E-state index contributed by atoms with van der Waals surface area (Å²) in [4.78, 5) is 4.66. The molecule has 0 atom stereocenters. The SMILES string of the molecule is CCCCS(=O)(=O)N1CCc2cc3cccc(C)c3nc21. The molecule has 1 aromatic carbocycles. The Kier molecular flexibility index (Phi) is 3.61. The zero-order valence-corrected chi connectivity index (χ0v) is 13.3. The van der Waals surface area contributed by atoms with Gasteiger partial charge in [0.15, 0.2) is 0 Å². The van der Waals surface area contributed by atoms with Crippen molar-refractivity contribution in [1.29, 1.82) is 0 Å². The van der Waals surface area contributed by atoms with Crippen LogP contribution in [0.15, 0.2) is 24.3 Å². The van der Waals surface area contributed by atoms with Crippen LogP contribution in [0.2, 0.25) is 0 Å². The summed E-state index contributed by atoms with van der Waals surface area (Å²) >= 11 is 0. The molecule has 0 bridgehead atoms. The number of para-hydroxylation sites is 1. The lowest BCUT2D eigenvalue weighted by Gasteiger charge is -2.18. The van der Waals surface area contributed by atoms with Crippen LogP contribution < -0.4 is 4.31 Å². The van der Waals surface area contributed by atoms with Crippen molar-refractivity contribution in [2.75, 3.05) is 16.6 Å². The minimum absolute atomic E-state index is 0.205. The van der Waals surface area contributed by atoms with E-state index in [4.69, 9.17) is 0 Å². The predicted molar refractivity (Wildman–Crippen MR) is 86.2 cm³/mol. The molecular formula is C16H20N2O2S. The molecule has 1 aliphatic heterocycles. The molecule has 0 saturated carbocycles. The van der Waals surface area contributed by atoms with Gasteiger partial charge in [0.2, 0.25) is 10.0 Å². The largest absolute Gasteiger partial charge is 0.253 e. The van der Waals surface area contributed by atoms with Crippen molar-refractivity contribution in [3.8, 4) is 0 Å². The summed E-state index contributed by atoms with van der Waals surface area (Å²) in [6, 6.07) is 8.13. The van der Waals surface area contributed by atoms with E-state index in [0.29, 0.717) is 18.8 Å². The summed E-state index contributed by atoms with van der Waals surface area (Å²) in [6.07, 6.45) is 2.32. The van der Waals surface area contributed by atoms with E-state index >= 15 is 0 Å². The number of fused-ring (bicyclic) bond motifs is 2. The second kappa shape index (κ2) is 5.30.